The number of halogens is 1. The summed E-state index contributed by atoms with van der Waals surface area (Å²) >= 11 is 1.42. The zero-order chi connectivity index (χ0) is 30.1. The normalized spacial score (nSPS) is 11.8. The number of hydrogen-bond acceptors (Lipinski definition) is 8. The van der Waals surface area contributed by atoms with Gasteiger partial charge < -0.3 is 24.4 Å². The fourth-order valence-corrected chi connectivity index (χ4v) is 5.38. The summed E-state index contributed by atoms with van der Waals surface area (Å²) < 4.78 is 15.5. The molecular formula is C30H44FN7O2S. The predicted molar refractivity (Wildman–Crippen MR) is 166 cm³/mol. The molecule has 2 aromatic heterocycles. The van der Waals surface area contributed by atoms with Crippen LogP contribution in [0, 0.1) is 5.82 Å². The molecule has 9 nitrogen and oxygen atoms in total. The predicted octanol–water partition coefficient (Wildman–Crippen LogP) is 4.25. The van der Waals surface area contributed by atoms with E-state index in [2.05, 4.69) is 47.4 Å². The summed E-state index contributed by atoms with van der Waals surface area (Å²) in [5.74, 6) is 1.63. The highest BCUT2D eigenvalue weighted by atomic mass is 32.1. The van der Waals surface area contributed by atoms with Crippen LogP contribution in [0.3, 0.4) is 0 Å². The number of amides is 1. The number of thiazole rings is 1. The molecular weight excluding hydrogens is 541 g/mol. The van der Waals surface area contributed by atoms with E-state index >= 15 is 0 Å². The Labute approximate surface area is 247 Å². The summed E-state index contributed by atoms with van der Waals surface area (Å²) in [5.41, 5.74) is 2.39. The Balaban J connectivity index is 1.66. The zero-order valence-electron chi connectivity index (χ0n) is 25.4. The van der Waals surface area contributed by atoms with E-state index < -0.39 is 0 Å². The van der Waals surface area contributed by atoms with Crippen molar-refractivity contribution in [1.82, 2.24) is 29.2 Å². The Morgan fingerprint density at radius 2 is 1.78 bits per heavy atom. The van der Waals surface area contributed by atoms with E-state index in [0.717, 1.165) is 71.9 Å². The molecule has 0 aliphatic heterocycles. The van der Waals surface area contributed by atoms with Crippen molar-refractivity contribution >= 4 is 34.3 Å². The van der Waals surface area contributed by atoms with Crippen LogP contribution < -0.4 is 4.90 Å². The van der Waals surface area contributed by atoms with Gasteiger partial charge in [-0.1, -0.05) is 31.3 Å². The molecule has 1 aromatic carbocycles. The first-order valence-corrected chi connectivity index (χ1v) is 14.8. The Bertz CT molecular complexity index is 1300. The number of aryl methyl sites for hydroxylation is 1. The number of aliphatic hydroxyl groups is 1. The highest BCUT2D eigenvalue weighted by Crippen LogP contribution is 2.37. The van der Waals surface area contributed by atoms with E-state index in [-0.39, 0.29) is 18.3 Å². The average molecular weight is 586 g/mol. The Kier molecular flexibility index (Phi) is 12.0. The van der Waals surface area contributed by atoms with Crippen LogP contribution in [0.25, 0.3) is 17.3 Å². The van der Waals surface area contributed by atoms with E-state index in [1.807, 2.05) is 19.0 Å². The molecule has 0 spiro atoms. The lowest BCUT2D eigenvalue weighted by atomic mass is 10.1. The largest absolute Gasteiger partial charge is 0.391 e. The van der Waals surface area contributed by atoms with Gasteiger partial charge in [-0.25, -0.2) is 14.4 Å². The van der Waals surface area contributed by atoms with Gasteiger partial charge >= 0.3 is 0 Å². The first kappa shape index (κ1) is 32.4. The minimum atomic E-state index is -0.307. The van der Waals surface area contributed by atoms with Crippen molar-refractivity contribution in [3.63, 3.8) is 0 Å². The Morgan fingerprint density at radius 1 is 1.07 bits per heavy atom. The maximum Gasteiger partial charge on any atom is 0.236 e. The van der Waals surface area contributed by atoms with Gasteiger partial charge in [0.15, 0.2) is 5.13 Å². The lowest BCUT2D eigenvalue weighted by Crippen LogP contribution is -2.40. The number of aliphatic hydroxyl groups excluding tert-OH is 1. The molecule has 41 heavy (non-hydrogen) atoms. The van der Waals surface area contributed by atoms with Crippen LogP contribution in [-0.4, -0.2) is 101 Å². The van der Waals surface area contributed by atoms with Gasteiger partial charge in [-0.3, -0.25) is 9.69 Å². The number of carbonyl (C=O) groups is 1. The lowest BCUT2D eigenvalue weighted by molar-refractivity contribution is -0.129. The van der Waals surface area contributed by atoms with Gasteiger partial charge in [0, 0.05) is 53.4 Å². The van der Waals surface area contributed by atoms with Gasteiger partial charge in [0.2, 0.25) is 5.91 Å². The van der Waals surface area contributed by atoms with Gasteiger partial charge in [-0.15, -0.1) is 0 Å². The first-order valence-electron chi connectivity index (χ1n) is 14.0. The standard InChI is InChI=1S/C30H44FN7O2S/c1-8-24-29(37(7)30-33-28(25(21-39)41-30)22-13-15-23(31)16-14-22)36(6)26(32-24)12-10-11-17-35(5)18-19-38(9-2)20-27(40)34(3)4/h10,12-16,39H,8-9,11,17-21H2,1-7H3/b12-10-. The van der Waals surface area contributed by atoms with Crippen molar-refractivity contribution in [2.45, 2.75) is 33.3 Å². The van der Waals surface area contributed by atoms with Crippen molar-refractivity contribution in [3.8, 4) is 11.3 Å². The van der Waals surface area contributed by atoms with Crippen molar-refractivity contribution in [2.24, 2.45) is 7.05 Å². The highest BCUT2D eigenvalue weighted by Gasteiger charge is 2.22. The average Bonchev–Trinajstić information content (AvgIpc) is 3.54. The topological polar surface area (TPSA) is 81.0 Å². The monoisotopic (exact) mass is 585 g/mol. The molecule has 3 aromatic rings. The summed E-state index contributed by atoms with van der Waals surface area (Å²) in [4.78, 5) is 30.5. The number of likely N-dealkylation sites (N-methyl/N-ethyl adjacent to an activating group) is 3. The molecule has 224 valence electrons. The molecule has 1 amide bonds. The number of benzene rings is 1. The van der Waals surface area contributed by atoms with Gasteiger partial charge in [0.05, 0.1) is 29.4 Å². The minimum Gasteiger partial charge on any atom is -0.391 e. The third-order valence-corrected chi connectivity index (χ3v) is 8.22. The number of hydrogen-bond donors (Lipinski definition) is 1. The summed E-state index contributed by atoms with van der Waals surface area (Å²) in [6, 6.07) is 6.17. The van der Waals surface area contributed by atoms with E-state index in [0.29, 0.717) is 12.2 Å². The van der Waals surface area contributed by atoms with Gasteiger partial charge in [0.25, 0.3) is 0 Å². The van der Waals surface area contributed by atoms with Crippen LogP contribution in [0.1, 0.15) is 36.7 Å². The fraction of sp³-hybridized carbons (Fsp3) is 0.500. The summed E-state index contributed by atoms with van der Waals surface area (Å²) in [5, 5.41) is 10.7. The molecule has 0 aliphatic rings. The summed E-state index contributed by atoms with van der Waals surface area (Å²) in [6.45, 7) is 7.96. The maximum absolute atomic E-state index is 13.5. The Hall–Kier alpha value is -3.12. The van der Waals surface area contributed by atoms with Crippen molar-refractivity contribution in [1.29, 1.82) is 0 Å². The van der Waals surface area contributed by atoms with Crippen LogP contribution in [0.2, 0.25) is 0 Å². The number of imidazole rings is 1. The molecule has 3 rings (SSSR count). The second-order valence-corrected chi connectivity index (χ2v) is 11.4. The summed E-state index contributed by atoms with van der Waals surface area (Å²) in [7, 11) is 9.64. The van der Waals surface area contributed by atoms with E-state index in [1.165, 1.54) is 23.5 Å². The lowest BCUT2D eigenvalue weighted by Gasteiger charge is -2.24. The number of rotatable bonds is 15. The van der Waals surface area contributed by atoms with Crippen LogP contribution in [0.15, 0.2) is 30.3 Å². The molecule has 0 saturated carbocycles. The molecule has 1 N–H and O–H groups in total. The van der Waals surface area contributed by atoms with Gasteiger partial charge in [-0.2, -0.15) is 0 Å². The minimum absolute atomic E-state index is 0.126. The number of aromatic nitrogens is 3. The number of anilines is 2. The second-order valence-electron chi connectivity index (χ2n) is 10.3. The zero-order valence-corrected chi connectivity index (χ0v) is 26.2. The fourth-order valence-electron chi connectivity index (χ4n) is 4.47. The quantitative estimate of drug-likeness (QED) is 0.286. The van der Waals surface area contributed by atoms with Crippen molar-refractivity contribution in [3.05, 3.63) is 52.6 Å². The highest BCUT2D eigenvalue weighted by molar-refractivity contribution is 7.16. The molecule has 11 heteroatoms. The molecule has 0 saturated heterocycles. The molecule has 0 fully saturated rings. The molecule has 0 aliphatic carbocycles. The van der Waals surface area contributed by atoms with Gasteiger partial charge in [0.1, 0.15) is 17.5 Å². The number of nitrogens with zero attached hydrogens (tertiary/aromatic N) is 7. The van der Waals surface area contributed by atoms with Crippen molar-refractivity contribution in [2.75, 3.05) is 65.8 Å². The smallest absolute Gasteiger partial charge is 0.236 e. The molecule has 2 heterocycles. The third kappa shape index (κ3) is 8.45. The number of carbonyl (C=O) groups excluding carboxylic acids is 1. The molecule has 0 radical (unpaired) electrons. The third-order valence-electron chi connectivity index (χ3n) is 7.10. The van der Waals surface area contributed by atoms with E-state index in [9.17, 15) is 14.3 Å². The maximum atomic E-state index is 13.5. The SMILES string of the molecule is CCc1nc(/C=C\CCN(C)CCN(CC)CC(=O)N(C)C)n(C)c1N(C)c1nc(-c2ccc(F)cc2)c(CO)s1. The molecule has 0 atom stereocenters. The van der Waals surface area contributed by atoms with Crippen molar-refractivity contribution < 1.29 is 14.3 Å². The summed E-state index contributed by atoms with van der Waals surface area (Å²) in [6.07, 6.45) is 5.85. The van der Waals surface area contributed by atoms with Crippen LogP contribution in [0.5, 0.6) is 0 Å². The van der Waals surface area contributed by atoms with Crippen LogP contribution >= 0.6 is 11.3 Å². The van der Waals surface area contributed by atoms with Crippen LogP contribution in [0.4, 0.5) is 15.3 Å². The molecule has 0 unspecified atom stereocenters. The Morgan fingerprint density at radius 3 is 2.39 bits per heavy atom. The first-order chi connectivity index (χ1) is 19.6. The second kappa shape index (κ2) is 15.2. The van der Waals surface area contributed by atoms with E-state index in [1.54, 1.807) is 31.1 Å². The molecule has 0 bridgehead atoms. The van der Waals surface area contributed by atoms with Crippen LogP contribution in [-0.2, 0) is 24.9 Å². The van der Waals surface area contributed by atoms with E-state index in [4.69, 9.17) is 9.97 Å². The van der Waals surface area contributed by atoms with Gasteiger partial charge in [-0.05, 0) is 56.8 Å².